The van der Waals surface area contributed by atoms with E-state index in [2.05, 4.69) is 69.4 Å². The fraction of sp³-hybridized carbons (Fsp3) is 0.441. The van der Waals surface area contributed by atoms with Crippen molar-refractivity contribution in [2.45, 2.75) is 215 Å². The molecule has 6 saturated heterocycles. The summed E-state index contributed by atoms with van der Waals surface area (Å²) in [4.78, 5) is 132. The van der Waals surface area contributed by atoms with Crippen molar-refractivity contribution in [1.82, 2.24) is 44.8 Å². The summed E-state index contributed by atoms with van der Waals surface area (Å²) in [6.07, 6.45) is -1.97. The molecule has 6 N–H and O–H groups in total. The number of sulfonamides is 3. The van der Waals surface area contributed by atoms with Crippen molar-refractivity contribution in [2.24, 2.45) is 15.0 Å². The monoisotopic (exact) mass is 2010 g/mol. The minimum Gasteiger partial charge on any atom is -0.308 e. The van der Waals surface area contributed by atoms with Gasteiger partial charge in [0.25, 0.3) is 35.4 Å². The number of rotatable bonds is 15. The second kappa shape index (κ2) is 36.8. The summed E-state index contributed by atoms with van der Waals surface area (Å²) in [5.74, 6) is -2.07. The molecule has 136 heavy (non-hydrogen) atoms. The van der Waals surface area contributed by atoms with Crippen LogP contribution in [0.3, 0.4) is 0 Å². The first-order valence-corrected chi connectivity index (χ1v) is 49.7. The first kappa shape index (κ1) is 99.1. The number of carbonyl (C=O) groups is 9. The van der Waals surface area contributed by atoms with Crippen molar-refractivity contribution in [3.63, 3.8) is 0 Å². The highest BCUT2D eigenvalue weighted by atomic mass is 79.9. The Balaban J connectivity index is 0.000000145. The predicted octanol–water partition coefficient (Wildman–Crippen LogP) is 13.7. The average Bonchev–Trinajstić information content (AvgIpc) is 1.58. The molecule has 724 valence electrons. The maximum Gasteiger partial charge on any atom is 0.416 e. The normalized spacial score (nSPS) is 21.3. The Morgan fingerprint density at radius 1 is 0.382 bits per heavy atom. The second-order valence-corrected chi connectivity index (χ2v) is 42.9. The Hall–Kier alpha value is -11.4. The summed E-state index contributed by atoms with van der Waals surface area (Å²) in [7, 11) is -11.2. The number of aliphatic imine (C=N–C) groups is 3. The number of aryl methyl sites for hydroxylation is 6. The molecular formula is C93H99BrF9N15O15S3. The number of imide groups is 3. The van der Waals surface area contributed by atoms with E-state index in [1.54, 1.807) is 21.9 Å². The van der Waals surface area contributed by atoms with Gasteiger partial charge in [-0.05, 0) is 248 Å². The molecule has 6 aromatic carbocycles. The summed E-state index contributed by atoms with van der Waals surface area (Å²) >= 11 is 3.54. The zero-order chi connectivity index (χ0) is 98.4. The highest BCUT2D eigenvalue weighted by Crippen LogP contribution is 2.48. The van der Waals surface area contributed by atoms with E-state index < -0.39 is 128 Å². The molecule has 0 radical (unpaired) electrons. The van der Waals surface area contributed by atoms with Crippen LogP contribution in [-0.2, 0) is 83.8 Å². The molecular weight excluding hydrogens is 1910 g/mol. The molecule has 0 unspecified atom stereocenters. The fourth-order valence-corrected chi connectivity index (χ4v) is 24.2. The van der Waals surface area contributed by atoms with Crippen LogP contribution >= 0.6 is 15.9 Å². The van der Waals surface area contributed by atoms with Crippen LogP contribution in [0.2, 0.25) is 0 Å². The Morgan fingerprint density at radius 3 is 0.971 bits per heavy atom. The molecule has 18 rings (SSSR count). The topological polar surface area (TPSA) is 385 Å². The predicted molar refractivity (Wildman–Crippen MR) is 491 cm³/mol. The molecule has 0 atom stereocenters. The van der Waals surface area contributed by atoms with Crippen LogP contribution in [0.4, 0.5) is 71.0 Å². The zero-order valence-corrected chi connectivity index (χ0v) is 78.9. The summed E-state index contributed by atoms with van der Waals surface area (Å²) in [5.41, 5.74) is 0.528. The maximum absolute atomic E-state index is 13.4. The van der Waals surface area contributed by atoms with E-state index in [4.69, 9.17) is 0 Å². The molecule has 12 aliphatic rings. The average molecular weight is 2010 g/mol. The van der Waals surface area contributed by atoms with E-state index >= 15 is 0 Å². The number of alkyl halides is 9. The number of amidine groups is 3. The molecule has 9 aliphatic heterocycles. The number of amides is 12. The third kappa shape index (κ3) is 18.9. The molecule has 6 spiro atoms. The molecule has 0 bridgehead atoms. The van der Waals surface area contributed by atoms with Crippen LogP contribution in [0.5, 0.6) is 0 Å². The van der Waals surface area contributed by atoms with Gasteiger partial charge in [0.1, 0.15) is 50.7 Å². The smallest absolute Gasteiger partial charge is 0.308 e. The summed E-state index contributed by atoms with van der Waals surface area (Å²) < 4.78 is 200. The first-order chi connectivity index (χ1) is 63.8. The third-order valence-corrected chi connectivity index (χ3v) is 34.1. The first-order valence-electron chi connectivity index (χ1n) is 44.3. The van der Waals surface area contributed by atoms with Crippen LogP contribution in [0.1, 0.15) is 193 Å². The number of carbonyl (C=O) groups excluding carboxylic acids is 9. The number of urea groups is 3. The van der Waals surface area contributed by atoms with E-state index in [1.165, 1.54) is 60.3 Å². The lowest BCUT2D eigenvalue weighted by Crippen LogP contribution is -2.50. The van der Waals surface area contributed by atoms with E-state index in [0.717, 1.165) is 148 Å². The zero-order valence-electron chi connectivity index (χ0n) is 74.9. The molecule has 12 amide bonds. The molecule has 6 aromatic rings. The van der Waals surface area contributed by atoms with Crippen molar-refractivity contribution in [2.75, 3.05) is 59.7 Å². The van der Waals surface area contributed by atoms with Crippen molar-refractivity contribution in [3.05, 3.63) is 209 Å². The van der Waals surface area contributed by atoms with Crippen LogP contribution in [0, 0.1) is 41.5 Å². The van der Waals surface area contributed by atoms with Crippen LogP contribution in [0.25, 0.3) is 6.08 Å². The third-order valence-electron chi connectivity index (χ3n) is 27.9. The SMILES string of the molecule is C=CS(=O)(=O)N1CCC2(CC1)N=C(c1cccc(C(F)(F)F)c1)NC2=O.Cc1cc(N2C(=O)NC(=O)C23CCCC3)cc(C)c1/C=C/S(=O)(=O)N1CCC2(CC1)N=C(c1cccc(C(F)(F)F)c1)NC2=O.Cc1cc(N2C(=O)NC(=O)C23CCCC3)cc(C)c1Br.Cc1cc(N2C(=O)NC(=O)C23CCCC3)cc(C)c1CCS(=O)(=O)N1CCC2(CC1)N=C(c1cccc(C(F)(F)F)c1)NC2=O. The van der Waals surface area contributed by atoms with Crippen molar-refractivity contribution in [1.29, 1.82) is 0 Å². The van der Waals surface area contributed by atoms with E-state index in [9.17, 15) is 108 Å². The highest BCUT2D eigenvalue weighted by Gasteiger charge is 2.59. The fourth-order valence-electron chi connectivity index (χ4n) is 20.5. The van der Waals surface area contributed by atoms with Gasteiger partial charge in [0.15, 0.2) is 0 Å². The molecule has 43 heteroatoms. The summed E-state index contributed by atoms with van der Waals surface area (Å²) in [6.45, 7) is 14.9. The quantitative estimate of drug-likeness (QED) is 0.0411. The van der Waals surface area contributed by atoms with Gasteiger partial charge in [-0.3, -0.25) is 74.4 Å². The number of benzene rings is 6. The molecule has 3 aliphatic carbocycles. The lowest BCUT2D eigenvalue weighted by Gasteiger charge is -2.34. The standard InChI is InChI=1S/C31H34F3N5O5S.C31H32F3N5O5S.C16H16F3N3O3S.C15H17BrN2O2/c2*1-19-16-23(39-28(42)36-27(41)30(39)9-3-4-10-30)17-20(2)24(19)8-15-45(43,44)38-13-11-29(12-14-38)26(40)35-25(37-29)21-6-5-7-22(18-21)31(32,33)34;1-2-26(24,25)22-8-6-15(7-9-22)14(23)20-13(21-15)11-4-3-5-12(10-11)16(17,18)19;1-9-7-11(8-10(2)12(9)16)18-14(20)17-13(19)15(18)5-3-4-6-15/h5-7,16-18H,3-4,8-15H2,1-2H3,(H,35,37,40)(H,36,41,42);5-8,15-18H,3-4,9-14H2,1-2H3,(H,35,37,40)(H,36,41,42);2-5,10H,1,6-9H2,(H,20,21,23);7-8H,3-6H2,1-2H3,(H,17,19,20)/b;15-8+;;. The lowest BCUT2D eigenvalue weighted by molar-refractivity contribution is -0.138. The van der Waals surface area contributed by atoms with E-state index in [-0.39, 0.29) is 148 Å². The van der Waals surface area contributed by atoms with Gasteiger partial charge in [-0.1, -0.05) is 97.4 Å². The minimum atomic E-state index is -4.55. The Bertz CT molecular complexity index is 6390. The van der Waals surface area contributed by atoms with Crippen LogP contribution < -0.4 is 46.6 Å². The number of anilines is 3. The van der Waals surface area contributed by atoms with Gasteiger partial charge in [0.05, 0.1) is 22.4 Å². The number of nitrogens with zero attached hydrogens (tertiary/aromatic N) is 9. The number of piperidine rings is 3. The van der Waals surface area contributed by atoms with E-state index in [1.807, 2.05) is 65.8 Å². The van der Waals surface area contributed by atoms with Crippen molar-refractivity contribution < 1.29 is 108 Å². The molecule has 9 fully saturated rings. The number of halogens is 10. The lowest BCUT2D eigenvalue weighted by atomic mass is 9.89. The second-order valence-electron chi connectivity index (χ2n) is 36.3. The van der Waals surface area contributed by atoms with Gasteiger partial charge in [-0.25, -0.2) is 43.9 Å². The maximum atomic E-state index is 13.4. The van der Waals surface area contributed by atoms with Crippen LogP contribution in [0.15, 0.2) is 146 Å². The molecule has 30 nitrogen and oxygen atoms in total. The summed E-state index contributed by atoms with van der Waals surface area (Å²) in [5, 5.41) is 17.1. The number of hydrogen-bond donors (Lipinski definition) is 6. The van der Waals surface area contributed by atoms with Gasteiger partial charge in [0, 0.05) is 88.3 Å². The Morgan fingerprint density at radius 2 is 0.669 bits per heavy atom. The molecule has 0 aromatic heterocycles. The van der Waals surface area contributed by atoms with E-state index in [0.29, 0.717) is 42.6 Å². The van der Waals surface area contributed by atoms with Crippen molar-refractivity contribution >= 4 is 140 Å². The Kier molecular flexibility index (Phi) is 26.8. The van der Waals surface area contributed by atoms with Crippen LogP contribution in [-0.4, -0.2) is 187 Å². The van der Waals surface area contributed by atoms with Gasteiger partial charge < -0.3 is 16.0 Å². The van der Waals surface area contributed by atoms with Gasteiger partial charge in [-0.2, -0.15) is 48.1 Å². The highest BCUT2D eigenvalue weighted by molar-refractivity contribution is 9.10. The minimum absolute atomic E-state index is 0.00342. The molecule has 9 heterocycles. The van der Waals surface area contributed by atoms with Gasteiger partial charge >= 0.3 is 36.6 Å². The number of nitrogens with one attached hydrogen (secondary N) is 6. The van der Waals surface area contributed by atoms with Gasteiger partial charge in [0.2, 0.25) is 30.1 Å². The van der Waals surface area contributed by atoms with Crippen molar-refractivity contribution in [3.8, 4) is 0 Å². The molecule has 3 saturated carbocycles. The number of hydrogen-bond acceptors (Lipinski definition) is 18. The Labute approximate surface area is 787 Å². The van der Waals surface area contributed by atoms with Gasteiger partial charge in [-0.15, -0.1) is 0 Å². The largest absolute Gasteiger partial charge is 0.416 e. The summed E-state index contributed by atoms with van der Waals surface area (Å²) in [6, 6.07) is 23.6.